The van der Waals surface area contributed by atoms with Gasteiger partial charge in [-0.1, -0.05) is 19.0 Å². The molecule has 0 saturated heterocycles. The fraction of sp³-hybridized carbons (Fsp3) is 0.545. The monoisotopic (exact) mass is 284 g/mol. The molecule has 0 aromatic carbocycles. The van der Waals surface area contributed by atoms with E-state index in [1.54, 1.807) is 13.8 Å². The van der Waals surface area contributed by atoms with Crippen LogP contribution in [0.25, 0.3) is 0 Å². The van der Waals surface area contributed by atoms with E-state index in [1.807, 2.05) is 0 Å². The van der Waals surface area contributed by atoms with Crippen LogP contribution >= 0.6 is 0 Å². The zero-order valence-electron chi connectivity index (χ0n) is 11.2. The molecular formula is C11H16N4O5. The lowest BCUT2D eigenvalue weighted by molar-refractivity contribution is -0.139. The molecule has 0 saturated carbocycles. The molecule has 9 nitrogen and oxygen atoms in total. The lowest BCUT2D eigenvalue weighted by atomic mass is 9.85. The Morgan fingerprint density at radius 1 is 1.35 bits per heavy atom. The highest BCUT2D eigenvalue weighted by atomic mass is 16.5. The molecule has 3 amide bonds. The number of carboxylic acid groups (broad SMARTS) is 1. The number of urea groups is 1. The van der Waals surface area contributed by atoms with Gasteiger partial charge >= 0.3 is 12.0 Å². The third-order valence-corrected chi connectivity index (χ3v) is 2.34. The summed E-state index contributed by atoms with van der Waals surface area (Å²) in [6.07, 6.45) is 0.883. The highest BCUT2D eigenvalue weighted by Gasteiger charge is 2.25. The number of nitrogens with zero attached hydrogens (tertiary/aromatic N) is 2. The van der Waals surface area contributed by atoms with E-state index in [1.165, 1.54) is 0 Å². The Morgan fingerprint density at radius 2 is 2.05 bits per heavy atom. The van der Waals surface area contributed by atoms with Crippen molar-refractivity contribution in [1.29, 1.82) is 0 Å². The summed E-state index contributed by atoms with van der Waals surface area (Å²) in [5.74, 6) is -1.27. The van der Waals surface area contributed by atoms with Crippen LogP contribution in [0.15, 0.2) is 10.9 Å². The molecule has 0 aliphatic rings. The Bertz CT molecular complexity index is 483. The van der Waals surface area contributed by atoms with Gasteiger partial charge in [-0.3, -0.25) is 14.9 Å². The maximum atomic E-state index is 11.6. The smallest absolute Gasteiger partial charge is 0.321 e. The fourth-order valence-electron chi connectivity index (χ4n) is 1.55. The van der Waals surface area contributed by atoms with Crippen LogP contribution in [-0.2, 0) is 16.1 Å². The van der Waals surface area contributed by atoms with Crippen molar-refractivity contribution in [2.45, 2.75) is 33.2 Å². The summed E-state index contributed by atoms with van der Waals surface area (Å²) in [6, 6.07) is -0.703. The highest BCUT2D eigenvalue weighted by Crippen LogP contribution is 2.24. The van der Waals surface area contributed by atoms with Gasteiger partial charge in [0, 0.05) is 6.42 Å². The van der Waals surface area contributed by atoms with Crippen molar-refractivity contribution < 1.29 is 24.0 Å². The number of nitrogens with one attached hydrogen (secondary N) is 2. The average Bonchev–Trinajstić information content (AvgIpc) is 2.75. The number of carboxylic acids is 1. The fourth-order valence-corrected chi connectivity index (χ4v) is 1.55. The number of imide groups is 1. The molecule has 1 aromatic rings. The number of aliphatic carboxylic acids is 1. The standard InChI is InChI=1S/C11H16N4O5/c1-11(2,4-9(17)18)3-8(16)14-10(19)12-5-7-13-6-20-15-7/h6H,3-5H2,1-2H3,(H,17,18)(H2,12,14,16,19). The molecule has 0 radical (unpaired) electrons. The van der Waals surface area contributed by atoms with Crippen LogP contribution in [0, 0.1) is 5.41 Å². The molecular weight excluding hydrogens is 268 g/mol. The van der Waals surface area contributed by atoms with Crippen LogP contribution < -0.4 is 10.6 Å². The average molecular weight is 284 g/mol. The summed E-state index contributed by atoms with van der Waals surface area (Å²) in [4.78, 5) is 37.3. The molecule has 20 heavy (non-hydrogen) atoms. The van der Waals surface area contributed by atoms with E-state index in [2.05, 4.69) is 25.3 Å². The van der Waals surface area contributed by atoms with Gasteiger partial charge in [-0.2, -0.15) is 4.98 Å². The number of carbonyl (C=O) groups is 3. The van der Waals surface area contributed by atoms with E-state index in [9.17, 15) is 14.4 Å². The van der Waals surface area contributed by atoms with Crippen molar-refractivity contribution in [1.82, 2.24) is 20.8 Å². The first-order valence-electron chi connectivity index (χ1n) is 5.83. The molecule has 0 atom stereocenters. The van der Waals surface area contributed by atoms with Crippen LogP contribution in [0.2, 0.25) is 0 Å². The van der Waals surface area contributed by atoms with Crippen LogP contribution in [0.5, 0.6) is 0 Å². The molecule has 0 aliphatic heterocycles. The number of rotatable bonds is 6. The lowest BCUT2D eigenvalue weighted by Crippen LogP contribution is -2.41. The molecule has 1 aromatic heterocycles. The Kier molecular flexibility index (Phi) is 5.18. The first-order chi connectivity index (χ1) is 9.28. The molecule has 110 valence electrons. The number of carbonyl (C=O) groups excluding carboxylic acids is 2. The molecule has 3 N–H and O–H groups in total. The second-order valence-electron chi connectivity index (χ2n) is 4.99. The number of hydrogen-bond acceptors (Lipinski definition) is 6. The van der Waals surface area contributed by atoms with Crippen molar-refractivity contribution in [2.75, 3.05) is 0 Å². The van der Waals surface area contributed by atoms with E-state index in [0.29, 0.717) is 0 Å². The van der Waals surface area contributed by atoms with Gasteiger partial charge in [-0.25, -0.2) is 4.79 Å². The van der Waals surface area contributed by atoms with Crippen molar-refractivity contribution in [3.8, 4) is 0 Å². The normalized spacial score (nSPS) is 10.9. The van der Waals surface area contributed by atoms with E-state index in [-0.39, 0.29) is 25.2 Å². The zero-order chi connectivity index (χ0) is 15.2. The Morgan fingerprint density at radius 3 is 2.60 bits per heavy atom. The molecule has 0 unspecified atom stereocenters. The van der Waals surface area contributed by atoms with E-state index in [4.69, 9.17) is 5.11 Å². The van der Waals surface area contributed by atoms with Gasteiger partial charge in [-0.05, 0) is 5.41 Å². The highest BCUT2D eigenvalue weighted by molar-refractivity contribution is 5.94. The van der Waals surface area contributed by atoms with E-state index in [0.717, 1.165) is 6.39 Å². The van der Waals surface area contributed by atoms with E-state index >= 15 is 0 Å². The summed E-state index contributed by atoms with van der Waals surface area (Å²) in [7, 11) is 0. The van der Waals surface area contributed by atoms with Gasteiger partial charge in [-0.15, -0.1) is 0 Å². The van der Waals surface area contributed by atoms with Crippen LogP contribution in [-0.4, -0.2) is 33.2 Å². The molecule has 0 aliphatic carbocycles. The van der Waals surface area contributed by atoms with Crippen molar-refractivity contribution in [3.63, 3.8) is 0 Å². The quantitative estimate of drug-likeness (QED) is 0.683. The topological polar surface area (TPSA) is 134 Å². The summed E-state index contributed by atoms with van der Waals surface area (Å²) in [5, 5.41) is 16.7. The van der Waals surface area contributed by atoms with Gasteiger partial charge in [0.25, 0.3) is 0 Å². The van der Waals surface area contributed by atoms with Crippen molar-refractivity contribution in [2.24, 2.45) is 5.41 Å². The summed E-state index contributed by atoms with van der Waals surface area (Å²) < 4.78 is 4.48. The van der Waals surface area contributed by atoms with Gasteiger partial charge in [0.15, 0.2) is 5.82 Å². The number of amides is 3. The largest absolute Gasteiger partial charge is 0.481 e. The van der Waals surface area contributed by atoms with Crippen molar-refractivity contribution in [3.05, 3.63) is 12.2 Å². The van der Waals surface area contributed by atoms with Gasteiger partial charge < -0.3 is 14.9 Å². The third kappa shape index (κ3) is 5.94. The molecule has 0 spiro atoms. The first kappa shape index (κ1) is 15.6. The first-order valence-corrected chi connectivity index (χ1v) is 5.83. The van der Waals surface area contributed by atoms with Gasteiger partial charge in [0.2, 0.25) is 12.3 Å². The lowest BCUT2D eigenvalue weighted by Gasteiger charge is -2.21. The second kappa shape index (κ2) is 6.64. The summed E-state index contributed by atoms with van der Waals surface area (Å²) in [6.45, 7) is 3.30. The third-order valence-electron chi connectivity index (χ3n) is 2.34. The minimum absolute atomic E-state index is 0.0220. The second-order valence-corrected chi connectivity index (χ2v) is 4.99. The predicted octanol–water partition coefficient (Wildman–Crippen LogP) is 0.286. The molecule has 0 bridgehead atoms. The van der Waals surface area contributed by atoms with Crippen LogP contribution in [0.1, 0.15) is 32.5 Å². The Labute approximate surface area is 114 Å². The number of hydrogen-bond donors (Lipinski definition) is 3. The Hall–Kier alpha value is -2.45. The maximum absolute atomic E-state index is 11.6. The maximum Gasteiger partial charge on any atom is 0.321 e. The van der Waals surface area contributed by atoms with Crippen molar-refractivity contribution >= 4 is 17.9 Å². The summed E-state index contributed by atoms with van der Waals surface area (Å²) >= 11 is 0. The molecule has 9 heteroatoms. The predicted molar refractivity (Wildman–Crippen MR) is 65.3 cm³/mol. The van der Waals surface area contributed by atoms with Crippen LogP contribution in [0.4, 0.5) is 4.79 Å². The van der Waals surface area contributed by atoms with E-state index < -0.39 is 23.3 Å². The molecule has 1 heterocycles. The SMILES string of the molecule is CC(C)(CC(=O)O)CC(=O)NC(=O)NCc1ncon1. The van der Waals surface area contributed by atoms with Crippen LogP contribution in [0.3, 0.4) is 0 Å². The van der Waals surface area contributed by atoms with Gasteiger partial charge in [0.1, 0.15) is 0 Å². The minimum Gasteiger partial charge on any atom is -0.481 e. The van der Waals surface area contributed by atoms with Gasteiger partial charge in [0.05, 0.1) is 13.0 Å². The Balaban J connectivity index is 2.34. The minimum atomic E-state index is -0.996. The molecule has 1 rings (SSSR count). The zero-order valence-corrected chi connectivity index (χ0v) is 11.2. The summed E-state index contributed by atoms with van der Waals surface area (Å²) in [5.41, 5.74) is -0.732. The molecule has 0 fully saturated rings. The number of aromatic nitrogens is 2.